The van der Waals surface area contributed by atoms with Crippen molar-refractivity contribution in [1.82, 2.24) is 5.32 Å². The lowest BCUT2D eigenvalue weighted by molar-refractivity contribution is 0.0170. The zero-order valence-electron chi connectivity index (χ0n) is 9.82. The molecule has 0 radical (unpaired) electrons. The fourth-order valence-corrected chi connectivity index (χ4v) is 1.84. The summed E-state index contributed by atoms with van der Waals surface area (Å²) >= 11 is 0. The molecule has 0 aromatic heterocycles. The van der Waals surface area contributed by atoms with Gasteiger partial charge in [-0.2, -0.15) is 0 Å². The molecule has 0 aromatic carbocycles. The molecule has 94 valence electrons. The van der Waals surface area contributed by atoms with Crippen LogP contribution in [0.5, 0.6) is 0 Å². The third-order valence-corrected chi connectivity index (χ3v) is 2.81. The molecule has 5 heteroatoms. The zero-order chi connectivity index (χ0) is 11.6. The predicted octanol–water partition coefficient (Wildman–Crippen LogP) is 1.06. The summed E-state index contributed by atoms with van der Waals surface area (Å²) < 4.78 is 5.61. The van der Waals surface area contributed by atoms with Crippen LogP contribution in [0.3, 0.4) is 0 Å². The minimum atomic E-state index is 0.315. The van der Waals surface area contributed by atoms with E-state index >= 15 is 0 Å². The average Bonchev–Trinajstić information content (AvgIpc) is 2.34. The van der Waals surface area contributed by atoms with Gasteiger partial charge in [0.05, 0.1) is 6.10 Å². The molecule has 1 rings (SSSR count). The molecule has 4 N–H and O–H groups in total. The standard InChI is InChI=1S/C11H23N3O2/c12-11(14-15)6-1-3-7-13-9-10-5-2-4-8-16-10/h10,13,15H,1-9H2,(H2,12,14). The third-order valence-electron chi connectivity index (χ3n) is 2.81. The number of unbranched alkanes of at least 4 members (excludes halogenated alkanes) is 1. The summed E-state index contributed by atoms with van der Waals surface area (Å²) in [4.78, 5) is 0. The van der Waals surface area contributed by atoms with Gasteiger partial charge in [0.2, 0.25) is 0 Å². The van der Waals surface area contributed by atoms with Crippen molar-refractivity contribution in [3.63, 3.8) is 0 Å². The summed E-state index contributed by atoms with van der Waals surface area (Å²) in [7, 11) is 0. The second kappa shape index (κ2) is 8.35. The van der Waals surface area contributed by atoms with Crippen LogP contribution in [0, 0.1) is 0 Å². The monoisotopic (exact) mass is 229 g/mol. The number of rotatable bonds is 7. The van der Waals surface area contributed by atoms with Crippen LogP contribution < -0.4 is 11.1 Å². The summed E-state index contributed by atoms with van der Waals surface area (Å²) in [5.41, 5.74) is 5.36. The van der Waals surface area contributed by atoms with Crippen molar-refractivity contribution in [2.24, 2.45) is 10.9 Å². The maximum atomic E-state index is 8.34. The maximum Gasteiger partial charge on any atom is 0.139 e. The number of nitrogens with one attached hydrogen (secondary N) is 1. The molecule has 1 unspecified atom stereocenters. The van der Waals surface area contributed by atoms with Gasteiger partial charge in [-0.15, -0.1) is 0 Å². The molecule has 0 saturated carbocycles. The van der Waals surface area contributed by atoms with Crippen LogP contribution in [0.15, 0.2) is 5.16 Å². The molecule has 1 fully saturated rings. The Morgan fingerprint density at radius 2 is 2.31 bits per heavy atom. The van der Waals surface area contributed by atoms with Gasteiger partial charge in [0, 0.05) is 19.6 Å². The van der Waals surface area contributed by atoms with Gasteiger partial charge in [-0.05, 0) is 38.6 Å². The van der Waals surface area contributed by atoms with Crippen LogP contribution in [-0.4, -0.2) is 36.8 Å². The lowest BCUT2D eigenvalue weighted by Crippen LogP contribution is -2.32. The average molecular weight is 229 g/mol. The second-order valence-electron chi connectivity index (χ2n) is 4.24. The maximum absolute atomic E-state index is 8.34. The number of hydrogen-bond donors (Lipinski definition) is 3. The summed E-state index contributed by atoms with van der Waals surface area (Å²) in [6, 6.07) is 0. The highest BCUT2D eigenvalue weighted by Crippen LogP contribution is 2.11. The topological polar surface area (TPSA) is 79.9 Å². The van der Waals surface area contributed by atoms with E-state index in [4.69, 9.17) is 15.7 Å². The first-order valence-corrected chi connectivity index (χ1v) is 6.11. The Hall–Kier alpha value is -0.810. The minimum Gasteiger partial charge on any atom is -0.409 e. The molecule has 1 atom stereocenters. The number of nitrogens with zero attached hydrogens (tertiary/aromatic N) is 1. The van der Waals surface area contributed by atoms with Crippen LogP contribution in [0.25, 0.3) is 0 Å². The zero-order valence-corrected chi connectivity index (χ0v) is 9.82. The highest BCUT2D eigenvalue weighted by atomic mass is 16.5. The lowest BCUT2D eigenvalue weighted by Gasteiger charge is -2.22. The van der Waals surface area contributed by atoms with E-state index in [1.165, 1.54) is 19.3 Å². The quantitative estimate of drug-likeness (QED) is 0.200. The Morgan fingerprint density at radius 3 is 3.00 bits per heavy atom. The van der Waals surface area contributed by atoms with Gasteiger partial charge in [-0.3, -0.25) is 0 Å². The normalized spacial score (nSPS) is 22.2. The molecule has 0 aliphatic carbocycles. The van der Waals surface area contributed by atoms with Crippen molar-refractivity contribution >= 4 is 5.84 Å². The first kappa shape index (κ1) is 13.3. The first-order chi connectivity index (χ1) is 7.83. The van der Waals surface area contributed by atoms with Crippen molar-refractivity contribution in [3.8, 4) is 0 Å². The molecule has 1 aliphatic rings. The molecule has 1 saturated heterocycles. The van der Waals surface area contributed by atoms with Gasteiger partial charge in [0.15, 0.2) is 0 Å². The molecule has 1 aliphatic heterocycles. The Labute approximate surface area is 97.0 Å². The Bertz CT molecular complexity index is 203. The van der Waals surface area contributed by atoms with E-state index < -0.39 is 0 Å². The van der Waals surface area contributed by atoms with E-state index in [0.717, 1.165) is 32.5 Å². The van der Waals surface area contributed by atoms with E-state index in [2.05, 4.69) is 10.5 Å². The Morgan fingerprint density at radius 1 is 1.44 bits per heavy atom. The molecular formula is C11H23N3O2. The number of hydrogen-bond acceptors (Lipinski definition) is 4. The van der Waals surface area contributed by atoms with Crippen molar-refractivity contribution in [2.75, 3.05) is 19.7 Å². The van der Waals surface area contributed by atoms with Crippen LogP contribution in [0.2, 0.25) is 0 Å². The van der Waals surface area contributed by atoms with Crippen molar-refractivity contribution in [1.29, 1.82) is 0 Å². The van der Waals surface area contributed by atoms with Gasteiger partial charge >= 0.3 is 0 Å². The lowest BCUT2D eigenvalue weighted by atomic mass is 10.1. The van der Waals surface area contributed by atoms with Crippen LogP contribution in [0.1, 0.15) is 38.5 Å². The fraction of sp³-hybridized carbons (Fsp3) is 0.909. The summed E-state index contributed by atoms with van der Waals surface area (Å²) in [5, 5.41) is 14.7. The van der Waals surface area contributed by atoms with E-state index in [9.17, 15) is 0 Å². The van der Waals surface area contributed by atoms with E-state index in [1.54, 1.807) is 0 Å². The van der Waals surface area contributed by atoms with Gasteiger partial charge < -0.3 is 21.0 Å². The van der Waals surface area contributed by atoms with Crippen molar-refractivity contribution < 1.29 is 9.94 Å². The molecule has 0 bridgehead atoms. The Balaban J connectivity index is 1.87. The molecule has 1 heterocycles. The number of ether oxygens (including phenoxy) is 1. The minimum absolute atomic E-state index is 0.315. The van der Waals surface area contributed by atoms with Crippen molar-refractivity contribution in [2.45, 2.75) is 44.6 Å². The third kappa shape index (κ3) is 5.92. The van der Waals surface area contributed by atoms with Crippen LogP contribution in [-0.2, 0) is 4.74 Å². The SMILES string of the molecule is NC(CCCCNCC1CCCCO1)=NO. The van der Waals surface area contributed by atoms with Crippen LogP contribution >= 0.6 is 0 Å². The Kier molecular flexibility index (Phi) is 6.92. The molecule has 0 amide bonds. The highest BCUT2D eigenvalue weighted by molar-refractivity contribution is 5.79. The number of amidine groups is 1. The smallest absolute Gasteiger partial charge is 0.139 e. The summed E-state index contributed by atoms with van der Waals surface area (Å²) in [6.45, 7) is 2.83. The van der Waals surface area contributed by atoms with Gasteiger partial charge in [0.1, 0.15) is 5.84 Å². The molecule has 16 heavy (non-hydrogen) atoms. The van der Waals surface area contributed by atoms with E-state index in [-0.39, 0.29) is 0 Å². The molecular weight excluding hydrogens is 206 g/mol. The van der Waals surface area contributed by atoms with Gasteiger partial charge in [-0.1, -0.05) is 5.16 Å². The van der Waals surface area contributed by atoms with Gasteiger partial charge in [-0.25, -0.2) is 0 Å². The molecule has 5 nitrogen and oxygen atoms in total. The van der Waals surface area contributed by atoms with Crippen LogP contribution in [0.4, 0.5) is 0 Å². The first-order valence-electron chi connectivity index (χ1n) is 6.11. The molecule has 0 aromatic rings. The fourth-order valence-electron chi connectivity index (χ4n) is 1.84. The molecule has 0 spiro atoms. The largest absolute Gasteiger partial charge is 0.409 e. The highest BCUT2D eigenvalue weighted by Gasteiger charge is 2.12. The van der Waals surface area contributed by atoms with E-state index in [1.807, 2.05) is 0 Å². The second-order valence-corrected chi connectivity index (χ2v) is 4.24. The van der Waals surface area contributed by atoms with Crippen molar-refractivity contribution in [3.05, 3.63) is 0 Å². The summed E-state index contributed by atoms with van der Waals surface area (Å²) in [5.74, 6) is 0.315. The summed E-state index contributed by atoms with van der Waals surface area (Å²) in [6.07, 6.45) is 6.73. The number of oxime groups is 1. The predicted molar refractivity (Wildman–Crippen MR) is 63.7 cm³/mol. The van der Waals surface area contributed by atoms with Gasteiger partial charge in [0.25, 0.3) is 0 Å². The van der Waals surface area contributed by atoms with E-state index in [0.29, 0.717) is 18.4 Å². The number of nitrogens with two attached hydrogens (primary N) is 1.